The molecule has 0 unspecified atom stereocenters. The average molecular weight is 361 g/mol. The van der Waals surface area contributed by atoms with Crippen molar-refractivity contribution in [1.29, 1.82) is 0 Å². The number of benzene rings is 1. The molecule has 0 atom stereocenters. The van der Waals surface area contributed by atoms with Gasteiger partial charge in [-0.05, 0) is 24.3 Å². The van der Waals surface area contributed by atoms with E-state index in [2.05, 4.69) is 15.0 Å². The lowest BCUT2D eigenvalue weighted by Crippen LogP contribution is -2.07. The number of carbonyl (C=O) groups is 1. The molecule has 0 saturated heterocycles. The van der Waals surface area contributed by atoms with Crippen molar-refractivity contribution >= 4 is 34.6 Å². The normalized spacial score (nSPS) is 10.6. The van der Waals surface area contributed by atoms with E-state index in [9.17, 15) is 14.9 Å². The Morgan fingerprint density at radius 2 is 2.16 bits per heavy atom. The van der Waals surface area contributed by atoms with Crippen LogP contribution in [0.15, 0.2) is 42.7 Å². The third-order valence-corrected chi connectivity index (χ3v) is 3.76. The first kappa shape index (κ1) is 16.7. The van der Waals surface area contributed by atoms with E-state index >= 15 is 0 Å². The fourth-order valence-electron chi connectivity index (χ4n) is 2.37. The van der Waals surface area contributed by atoms with Crippen molar-refractivity contribution in [2.24, 2.45) is 0 Å². The molecule has 128 valence electrons. The number of nitrogens with one attached hydrogen (secondary N) is 1. The molecule has 1 aromatic carbocycles. The maximum absolute atomic E-state index is 11.7. The first-order chi connectivity index (χ1) is 12.0. The topological polar surface area (TPSA) is 98.8 Å². The second-order valence-electron chi connectivity index (χ2n) is 5.18. The fraction of sp³-hybridized carbons (Fsp3) is 0.125. The van der Waals surface area contributed by atoms with E-state index in [1.54, 1.807) is 22.7 Å². The van der Waals surface area contributed by atoms with Crippen molar-refractivity contribution < 1.29 is 14.5 Å². The van der Waals surface area contributed by atoms with Crippen LogP contribution in [0.5, 0.6) is 0 Å². The number of rotatable bonds is 5. The Hall–Kier alpha value is -3.13. The zero-order valence-electron chi connectivity index (χ0n) is 13.1. The number of carbonyl (C=O) groups excluding carboxylic acids is 1. The second kappa shape index (κ2) is 6.78. The SMILES string of the molecule is COC(=O)c1cc(NCc2cn3cc(Cl)ccc3n2)ccc1[N+](=O)[O-]. The molecule has 0 aliphatic rings. The van der Waals surface area contributed by atoms with Crippen LogP contribution >= 0.6 is 11.6 Å². The van der Waals surface area contributed by atoms with Crippen molar-refractivity contribution in [1.82, 2.24) is 9.38 Å². The van der Waals surface area contributed by atoms with E-state index < -0.39 is 10.9 Å². The molecule has 0 bridgehead atoms. The van der Waals surface area contributed by atoms with Gasteiger partial charge in [0.1, 0.15) is 11.2 Å². The number of anilines is 1. The van der Waals surface area contributed by atoms with Crippen LogP contribution in [-0.2, 0) is 11.3 Å². The number of pyridine rings is 1. The number of hydrogen-bond acceptors (Lipinski definition) is 6. The minimum atomic E-state index is -0.766. The maximum atomic E-state index is 11.7. The molecule has 0 aliphatic heterocycles. The van der Waals surface area contributed by atoms with Gasteiger partial charge in [0.25, 0.3) is 5.69 Å². The van der Waals surface area contributed by atoms with Crippen LogP contribution in [0, 0.1) is 10.1 Å². The number of esters is 1. The molecule has 0 radical (unpaired) electrons. The van der Waals surface area contributed by atoms with E-state index in [0.29, 0.717) is 17.3 Å². The van der Waals surface area contributed by atoms with Crippen molar-refractivity contribution in [2.45, 2.75) is 6.54 Å². The van der Waals surface area contributed by atoms with Crippen LogP contribution in [0.3, 0.4) is 0 Å². The number of hydrogen-bond donors (Lipinski definition) is 1. The predicted octanol–water partition coefficient (Wildman–Crippen LogP) is 3.29. The summed E-state index contributed by atoms with van der Waals surface area (Å²) in [6.07, 6.45) is 3.56. The number of imidazole rings is 1. The van der Waals surface area contributed by atoms with Gasteiger partial charge in [-0.2, -0.15) is 0 Å². The number of methoxy groups -OCH3 is 1. The number of nitro groups is 1. The van der Waals surface area contributed by atoms with E-state index in [-0.39, 0.29) is 11.3 Å². The van der Waals surface area contributed by atoms with Gasteiger partial charge in [-0.1, -0.05) is 11.6 Å². The Labute approximate surface area is 147 Å². The van der Waals surface area contributed by atoms with Gasteiger partial charge in [0.05, 0.1) is 29.3 Å². The highest BCUT2D eigenvalue weighted by Gasteiger charge is 2.21. The minimum Gasteiger partial charge on any atom is -0.465 e. The summed E-state index contributed by atoms with van der Waals surface area (Å²) in [5.74, 6) is -0.766. The lowest BCUT2D eigenvalue weighted by molar-refractivity contribution is -0.385. The quantitative estimate of drug-likeness (QED) is 0.426. The van der Waals surface area contributed by atoms with Gasteiger partial charge in [-0.3, -0.25) is 10.1 Å². The molecule has 2 aromatic heterocycles. The standard InChI is InChI=1S/C16H13ClN4O4/c1-25-16(22)13-6-11(3-4-14(13)21(23)24)18-7-12-9-20-8-10(17)2-5-15(20)19-12/h2-6,8-9,18H,7H2,1H3. The summed E-state index contributed by atoms with van der Waals surface area (Å²) in [6.45, 7) is 0.373. The van der Waals surface area contributed by atoms with Gasteiger partial charge < -0.3 is 14.5 Å². The highest BCUT2D eigenvalue weighted by molar-refractivity contribution is 6.30. The summed E-state index contributed by atoms with van der Waals surface area (Å²) < 4.78 is 6.40. The van der Waals surface area contributed by atoms with Gasteiger partial charge in [0.15, 0.2) is 0 Å². The molecular formula is C16H13ClN4O4. The molecule has 3 aromatic rings. The Balaban J connectivity index is 1.82. The summed E-state index contributed by atoms with van der Waals surface area (Å²) in [7, 11) is 1.17. The molecule has 2 heterocycles. The second-order valence-corrected chi connectivity index (χ2v) is 5.62. The zero-order valence-corrected chi connectivity index (χ0v) is 13.9. The third-order valence-electron chi connectivity index (χ3n) is 3.54. The largest absolute Gasteiger partial charge is 0.465 e. The Morgan fingerprint density at radius 1 is 1.36 bits per heavy atom. The lowest BCUT2D eigenvalue weighted by Gasteiger charge is -2.07. The summed E-state index contributed by atoms with van der Waals surface area (Å²) >= 11 is 5.94. The van der Waals surface area contributed by atoms with Crippen molar-refractivity contribution in [3.05, 3.63) is 69.1 Å². The zero-order chi connectivity index (χ0) is 18.0. The van der Waals surface area contributed by atoms with E-state index in [1.807, 2.05) is 6.20 Å². The molecule has 25 heavy (non-hydrogen) atoms. The fourth-order valence-corrected chi connectivity index (χ4v) is 2.54. The molecule has 0 spiro atoms. The van der Waals surface area contributed by atoms with Crippen LogP contribution < -0.4 is 5.32 Å². The Bertz CT molecular complexity index is 970. The van der Waals surface area contributed by atoms with Gasteiger partial charge in [0, 0.05) is 24.1 Å². The molecule has 0 amide bonds. The molecule has 9 heteroatoms. The van der Waals surface area contributed by atoms with E-state index in [1.165, 1.54) is 25.3 Å². The van der Waals surface area contributed by atoms with Crippen molar-refractivity contribution in [2.75, 3.05) is 12.4 Å². The molecule has 0 saturated carbocycles. The van der Waals surface area contributed by atoms with Crippen molar-refractivity contribution in [3.63, 3.8) is 0 Å². The molecule has 1 N–H and O–H groups in total. The maximum Gasteiger partial charge on any atom is 0.344 e. The van der Waals surface area contributed by atoms with Gasteiger partial charge in [0.2, 0.25) is 0 Å². The van der Waals surface area contributed by atoms with Gasteiger partial charge >= 0.3 is 5.97 Å². The Morgan fingerprint density at radius 3 is 2.88 bits per heavy atom. The number of nitro benzene ring substituents is 1. The smallest absolute Gasteiger partial charge is 0.344 e. The molecule has 8 nitrogen and oxygen atoms in total. The van der Waals surface area contributed by atoms with Crippen LogP contribution in [-0.4, -0.2) is 27.4 Å². The van der Waals surface area contributed by atoms with Crippen LogP contribution in [0.25, 0.3) is 5.65 Å². The third kappa shape index (κ3) is 3.53. The highest BCUT2D eigenvalue weighted by atomic mass is 35.5. The number of aromatic nitrogens is 2. The van der Waals surface area contributed by atoms with Crippen LogP contribution in [0.2, 0.25) is 5.02 Å². The van der Waals surface area contributed by atoms with Gasteiger partial charge in [-0.25, -0.2) is 9.78 Å². The Kier molecular flexibility index (Phi) is 4.53. The van der Waals surface area contributed by atoms with Gasteiger partial charge in [-0.15, -0.1) is 0 Å². The number of ether oxygens (including phenoxy) is 1. The lowest BCUT2D eigenvalue weighted by atomic mass is 10.1. The highest BCUT2D eigenvalue weighted by Crippen LogP contribution is 2.24. The minimum absolute atomic E-state index is 0.112. The van der Waals surface area contributed by atoms with Crippen molar-refractivity contribution in [3.8, 4) is 0 Å². The first-order valence-electron chi connectivity index (χ1n) is 7.21. The average Bonchev–Trinajstić information content (AvgIpc) is 3.00. The molecule has 3 rings (SSSR count). The molecule has 0 fully saturated rings. The predicted molar refractivity (Wildman–Crippen MR) is 92.0 cm³/mol. The summed E-state index contributed by atoms with van der Waals surface area (Å²) in [5.41, 5.74) is 1.63. The van der Waals surface area contributed by atoms with Crippen LogP contribution in [0.4, 0.5) is 11.4 Å². The molecule has 0 aliphatic carbocycles. The monoisotopic (exact) mass is 360 g/mol. The van der Waals surface area contributed by atoms with E-state index in [0.717, 1.165) is 11.3 Å². The molecular weight excluding hydrogens is 348 g/mol. The summed E-state index contributed by atoms with van der Waals surface area (Å²) in [4.78, 5) is 26.6. The first-order valence-corrected chi connectivity index (χ1v) is 7.59. The number of fused-ring (bicyclic) bond motifs is 1. The number of halogens is 1. The summed E-state index contributed by atoms with van der Waals surface area (Å²) in [5, 5.41) is 14.7. The van der Waals surface area contributed by atoms with E-state index in [4.69, 9.17) is 11.6 Å². The number of nitrogens with zero attached hydrogens (tertiary/aromatic N) is 3. The van der Waals surface area contributed by atoms with Crippen LogP contribution in [0.1, 0.15) is 16.1 Å². The summed E-state index contributed by atoms with van der Waals surface area (Å²) in [6, 6.07) is 7.72.